The van der Waals surface area contributed by atoms with Crippen LogP contribution < -0.4 is 5.73 Å². The van der Waals surface area contributed by atoms with Crippen LogP contribution in [0.15, 0.2) is 0 Å². The van der Waals surface area contributed by atoms with Gasteiger partial charge in [-0.3, -0.25) is 9.80 Å². The second-order valence-corrected chi connectivity index (χ2v) is 7.21. The van der Waals surface area contributed by atoms with Crippen LogP contribution in [0, 0.1) is 5.41 Å². The van der Waals surface area contributed by atoms with Crippen molar-refractivity contribution in [1.82, 2.24) is 9.80 Å². The third kappa shape index (κ3) is 4.44. The summed E-state index contributed by atoms with van der Waals surface area (Å²) in [6.45, 7) is 18.5. The van der Waals surface area contributed by atoms with E-state index in [0.29, 0.717) is 6.04 Å². The summed E-state index contributed by atoms with van der Waals surface area (Å²) in [7, 11) is 0. The van der Waals surface area contributed by atoms with Crippen molar-refractivity contribution in [3.05, 3.63) is 0 Å². The molecule has 3 heteroatoms. The monoisotopic (exact) mass is 269 g/mol. The molecule has 1 saturated heterocycles. The molecular formula is C16H35N3. The summed E-state index contributed by atoms with van der Waals surface area (Å²) in [5, 5.41) is 0. The van der Waals surface area contributed by atoms with E-state index in [1.54, 1.807) is 0 Å². The Hall–Kier alpha value is -0.120. The zero-order valence-corrected chi connectivity index (χ0v) is 13.9. The minimum absolute atomic E-state index is 0.258. The summed E-state index contributed by atoms with van der Waals surface area (Å²) in [6, 6.07) is 1.50. The van der Waals surface area contributed by atoms with Gasteiger partial charge in [-0.15, -0.1) is 0 Å². The van der Waals surface area contributed by atoms with Gasteiger partial charge in [0, 0.05) is 44.3 Å². The molecule has 1 aliphatic heterocycles. The quantitative estimate of drug-likeness (QED) is 0.832. The largest absolute Gasteiger partial charge is 0.326 e. The van der Waals surface area contributed by atoms with Gasteiger partial charge in [0.25, 0.3) is 0 Å². The predicted octanol–water partition coefficient (Wildman–Crippen LogP) is 2.55. The first-order chi connectivity index (χ1) is 8.81. The average molecular weight is 269 g/mol. The van der Waals surface area contributed by atoms with E-state index in [9.17, 15) is 0 Å². The third-order valence-electron chi connectivity index (χ3n) is 4.72. The highest BCUT2D eigenvalue weighted by atomic mass is 15.3. The van der Waals surface area contributed by atoms with Crippen LogP contribution in [-0.2, 0) is 0 Å². The van der Waals surface area contributed by atoms with Crippen LogP contribution in [0.4, 0.5) is 0 Å². The van der Waals surface area contributed by atoms with E-state index in [1.807, 2.05) is 0 Å². The van der Waals surface area contributed by atoms with Crippen LogP contribution in [0.3, 0.4) is 0 Å². The minimum atomic E-state index is 0.258. The molecule has 1 aliphatic rings. The molecule has 3 unspecified atom stereocenters. The van der Waals surface area contributed by atoms with Gasteiger partial charge in [-0.05, 0) is 25.2 Å². The molecule has 0 aliphatic carbocycles. The second-order valence-electron chi connectivity index (χ2n) is 7.21. The number of nitrogens with zero attached hydrogens (tertiary/aromatic N) is 2. The lowest BCUT2D eigenvalue weighted by molar-refractivity contribution is 0.0197. The minimum Gasteiger partial charge on any atom is -0.326 e. The van der Waals surface area contributed by atoms with E-state index in [4.69, 9.17) is 5.73 Å². The molecule has 0 spiro atoms. The summed E-state index contributed by atoms with van der Waals surface area (Å²) in [6.07, 6.45) is 2.31. The van der Waals surface area contributed by atoms with Crippen molar-refractivity contribution in [2.45, 2.75) is 72.5 Å². The molecule has 3 nitrogen and oxygen atoms in total. The zero-order valence-electron chi connectivity index (χ0n) is 13.9. The number of nitrogens with two attached hydrogens (primary N) is 1. The van der Waals surface area contributed by atoms with Crippen LogP contribution in [-0.4, -0.2) is 54.1 Å². The molecule has 1 heterocycles. The van der Waals surface area contributed by atoms with Gasteiger partial charge in [-0.2, -0.15) is 0 Å². The zero-order chi connectivity index (χ0) is 14.6. The number of hydrogen-bond donors (Lipinski definition) is 1. The molecule has 0 aromatic rings. The van der Waals surface area contributed by atoms with Gasteiger partial charge in [0.15, 0.2) is 0 Å². The van der Waals surface area contributed by atoms with Gasteiger partial charge in [0.2, 0.25) is 0 Å². The predicted molar refractivity (Wildman–Crippen MR) is 84.4 cm³/mol. The fraction of sp³-hybridized carbons (Fsp3) is 1.00. The fourth-order valence-electron chi connectivity index (χ4n) is 3.40. The first-order valence-corrected chi connectivity index (χ1v) is 8.04. The Morgan fingerprint density at radius 2 is 1.42 bits per heavy atom. The molecule has 0 saturated carbocycles. The molecule has 2 N–H and O–H groups in total. The molecule has 0 amide bonds. The first kappa shape index (κ1) is 16.9. The summed E-state index contributed by atoms with van der Waals surface area (Å²) in [4.78, 5) is 5.25. The maximum atomic E-state index is 6.40. The molecule has 3 atom stereocenters. The molecule has 1 fully saturated rings. The van der Waals surface area contributed by atoms with Gasteiger partial charge in [-0.25, -0.2) is 0 Å². The van der Waals surface area contributed by atoms with Crippen molar-refractivity contribution in [2.24, 2.45) is 11.1 Å². The van der Waals surface area contributed by atoms with Crippen LogP contribution in [0.1, 0.15) is 54.4 Å². The lowest BCUT2D eigenvalue weighted by Gasteiger charge is -2.48. The normalized spacial score (nSPS) is 24.2. The van der Waals surface area contributed by atoms with Gasteiger partial charge >= 0.3 is 0 Å². The Morgan fingerprint density at radius 1 is 0.947 bits per heavy atom. The van der Waals surface area contributed by atoms with Gasteiger partial charge in [0.05, 0.1) is 0 Å². The highest BCUT2D eigenvalue weighted by Crippen LogP contribution is 2.28. The topological polar surface area (TPSA) is 32.5 Å². The number of hydrogen-bond acceptors (Lipinski definition) is 3. The SMILES string of the molecule is CCC(N)C(N1CCN(C(C)CC)CC1)C(C)(C)C. The van der Waals surface area contributed by atoms with E-state index in [2.05, 4.69) is 51.3 Å². The molecule has 0 bridgehead atoms. The standard InChI is InChI=1S/C16H35N3/c1-7-13(3)18-9-11-19(12-10-18)15(14(17)8-2)16(4,5)6/h13-15H,7-12,17H2,1-6H3. The highest BCUT2D eigenvalue weighted by Gasteiger charge is 2.36. The fourth-order valence-corrected chi connectivity index (χ4v) is 3.40. The summed E-state index contributed by atoms with van der Waals surface area (Å²) >= 11 is 0. The van der Waals surface area contributed by atoms with Crippen molar-refractivity contribution in [3.8, 4) is 0 Å². The van der Waals surface area contributed by atoms with Crippen molar-refractivity contribution in [2.75, 3.05) is 26.2 Å². The molecular weight excluding hydrogens is 234 g/mol. The summed E-state index contributed by atoms with van der Waals surface area (Å²) < 4.78 is 0. The van der Waals surface area contributed by atoms with Crippen molar-refractivity contribution >= 4 is 0 Å². The summed E-state index contributed by atoms with van der Waals surface area (Å²) in [5.41, 5.74) is 6.66. The van der Waals surface area contributed by atoms with Crippen LogP contribution in [0.2, 0.25) is 0 Å². The second kappa shape index (κ2) is 7.05. The van der Waals surface area contributed by atoms with Crippen LogP contribution in [0.5, 0.6) is 0 Å². The van der Waals surface area contributed by atoms with E-state index >= 15 is 0 Å². The lowest BCUT2D eigenvalue weighted by Crippen LogP contribution is -2.60. The number of piperazine rings is 1. The number of rotatable bonds is 5. The Labute approximate surface area is 120 Å². The van der Waals surface area contributed by atoms with Crippen LogP contribution >= 0.6 is 0 Å². The molecule has 19 heavy (non-hydrogen) atoms. The Bertz CT molecular complexity index is 251. The maximum absolute atomic E-state index is 6.40. The Kier molecular flexibility index (Phi) is 6.28. The molecule has 0 aromatic carbocycles. The Balaban J connectivity index is 2.65. The van der Waals surface area contributed by atoms with Gasteiger partial charge in [0.1, 0.15) is 0 Å². The molecule has 1 rings (SSSR count). The van der Waals surface area contributed by atoms with E-state index < -0.39 is 0 Å². The van der Waals surface area contributed by atoms with Crippen molar-refractivity contribution in [1.29, 1.82) is 0 Å². The first-order valence-electron chi connectivity index (χ1n) is 8.04. The van der Waals surface area contributed by atoms with E-state index in [0.717, 1.165) is 12.5 Å². The molecule has 114 valence electrons. The van der Waals surface area contributed by atoms with Gasteiger partial charge < -0.3 is 5.73 Å². The third-order valence-corrected chi connectivity index (χ3v) is 4.72. The average Bonchev–Trinajstić information content (AvgIpc) is 2.37. The van der Waals surface area contributed by atoms with E-state index in [1.165, 1.54) is 32.6 Å². The lowest BCUT2D eigenvalue weighted by atomic mass is 9.80. The Morgan fingerprint density at radius 3 is 1.79 bits per heavy atom. The van der Waals surface area contributed by atoms with E-state index in [-0.39, 0.29) is 11.5 Å². The molecule has 0 aromatic heterocycles. The summed E-state index contributed by atoms with van der Waals surface area (Å²) in [5.74, 6) is 0. The van der Waals surface area contributed by atoms with Crippen LogP contribution in [0.25, 0.3) is 0 Å². The van der Waals surface area contributed by atoms with Crippen molar-refractivity contribution < 1.29 is 0 Å². The maximum Gasteiger partial charge on any atom is 0.0296 e. The molecule has 0 radical (unpaired) electrons. The smallest absolute Gasteiger partial charge is 0.0296 e. The van der Waals surface area contributed by atoms with Crippen molar-refractivity contribution in [3.63, 3.8) is 0 Å². The highest BCUT2D eigenvalue weighted by molar-refractivity contribution is 4.93. The van der Waals surface area contributed by atoms with Gasteiger partial charge in [-0.1, -0.05) is 34.6 Å².